The summed E-state index contributed by atoms with van der Waals surface area (Å²) in [5.74, 6) is 0.778. The average Bonchev–Trinajstić information content (AvgIpc) is 2.83. The summed E-state index contributed by atoms with van der Waals surface area (Å²) < 4.78 is 1.06. The number of rotatable bonds is 4. The Balaban J connectivity index is 1.88. The van der Waals surface area contributed by atoms with Gasteiger partial charge in [-0.2, -0.15) is 0 Å². The molecule has 2 atom stereocenters. The average molecular weight is 359 g/mol. The fourth-order valence-electron chi connectivity index (χ4n) is 2.58. The molecule has 2 rings (SSSR count). The van der Waals surface area contributed by atoms with E-state index < -0.39 is 0 Å². The molecule has 18 heavy (non-hydrogen) atoms. The maximum atomic E-state index is 12.0. The predicted octanol–water partition coefficient (Wildman–Crippen LogP) is 2.43. The summed E-state index contributed by atoms with van der Waals surface area (Å²) in [5, 5.41) is 12.2. The molecule has 0 bridgehead atoms. The molecule has 4 heteroatoms. The molecule has 1 aliphatic rings. The molecule has 0 aliphatic heterocycles. The molecule has 1 fully saturated rings. The quantitative estimate of drug-likeness (QED) is 0.812. The van der Waals surface area contributed by atoms with E-state index in [1.807, 2.05) is 24.3 Å². The molecule has 0 spiro atoms. The molecule has 3 nitrogen and oxygen atoms in total. The lowest BCUT2D eigenvalue weighted by Crippen LogP contribution is -2.31. The van der Waals surface area contributed by atoms with Gasteiger partial charge in [0, 0.05) is 22.3 Å². The van der Waals surface area contributed by atoms with Crippen LogP contribution in [0.1, 0.15) is 29.6 Å². The lowest BCUT2D eigenvalue weighted by atomic mass is 9.97. The van der Waals surface area contributed by atoms with Crippen molar-refractivity contribution in [3.63, 3.8) is 0 Å². The van der Waals surface area contributed by atoms with Gasteiger partial charge in [-0.05, 0) is 65.5 Å². The normalized spacial score (nSPS) is 23.0. The van der Waals surface area contributed by atoms with E-state index in [9.17, 15) is 9.90 Å². The molecule has 1 amide bonds. The number of carbonyl (C=O) groups excluding carboxylic acids is 1. The van der Waals surface area contributed by atoms with Gasteiger partial charge in [-0.1, -0.05) is 12.5 Å². The van der Waals surface area contributed by atoms with Crippen molar-refractivity contribution in [2.75, 3.05) is 13.2 Å². The van der Waals surface area contributed by atoms with Gasteiger partial charge in [0.25, 0.3) is 5.91 Å². The van der Waals surface area contributed by atoms with E-state index >= 15 is 0 Å². The molecule has 1 aliphatic carbocycles. The van der Waals surface area contributed by atoms with Gasteiger partial charge in [0.15, 0.2) is 0 Å². The van der Waals surface area contributed by atoms with E-state index in [1.54, 1.807) is 0 Å². The molecule has 0 aromatic heterocycles. The van der Waals surface area contributed by atoms with E-state index in [0.717, 1.165) is 22.8 Å². The first-order chi connectivity index (χ1) is 8.70. The van der Waals surface area contributed by atoms with Crippen LogP contribution in [0, 0.1) is 15.4 Å². The number of benzene rings is 1. The summed E-state index contributed by atoms with van der Waals surface area (Å²) >= 11 is 2.20. The lowest BCUT2D eigenvalue weighted by molar-refractivity contribution is 0.0937. The summed E-state index contributed by atoms with van der Waals surface area (Å²) in [6.45, 7) is 0.916. The number of hydrogen-bond donors (Lipinski definition) is 2. The molecule has 98 valence electrons. The first kappa shape index (κ1) is 13.8. The van der Waals surface area contributed by atoms with Crippen molar-refractivity contribution in [1.82, 2.24) is 5.32 Å². The molecule has 0 heterocycles. The third-order valence-electron chi connectivity index (χ3n) is 3.66. The molecular weight excluding hydrogens is 341 g/mol. The second kappa shape index (κ2) is 6.52. The van der Waals surface area contributed by atoms with Crippen molar-refractivity contribution >= 4 is 28.5 Å². The highest BCUT2D eigenvalue weighted by Gasteiger charge is 2.26. The van der Waals surface area contributed by atoms with E-state index in [4.69, 9.17) is 0 Å². The topological polar surface area (TPSA) is 49.3 Å². The number of aliphatic hydroxyl groups excluding tert-OH is 1. The zero-order valence-electron chi connectivity index (χ0n) is 10.2. The lowest BCUT2D eigenvalue weighted by Gasteiger charge is -2.17. The van der Waals surface area contributed by atoms with Crippen LogP contribution in [0.2, 0.25) is 0 Å². The Morgan fingerprint density at radius 1 is 1.39 bits per heavy atom. The highest BCUT2D eigenvalue weighted by molar-refractivity contribution is 14.1. The predicted molar refractivity (Wildman–Crippen MR) is 79.4 cm³/mol. The standard InChI is InChI=1S/C14H18INO2/c15-13-6-2-3-10(7-13)14(18)16-8-11-4-1-5-12(11)9-17/h2-3,6-7,11-12,17H,1,4-5,8-9H2,(H,16,18). The van der Waals surface area contributed by atoms with Gasteiger partial charge in [-0.3, -0.25) is 4.79 Å². The van der Waals surface area contributed by atoms with E-state index in [0.29, 0.717) is 23.9 Å². The maximum Gasteiger partial charge on any atom is 0.251 e. The Kier molecular flexibility index (Phi) is 5.00. The highest BCUT2D eigenvalue weighted by atomic mass is 127. The van der Waals surface area contributed by atoms with Crippen LogP contribution in [0.4, 0.5) is 0 Å². The van der Waals surface area contributed by atoms with Gasteiger partial charge in [0.1, 0.15) is 0 Å². The minimum atomic E-state index is -0.0166. The Bertz CT molecular complexity index is 422. The number of halogens is 1. The van der Waals surface area contributed by atoms with E-state index in [-0.39, 0.29) is 12.5 Å². The third-order valence-corrected chi connectivity index (χ3v) is 4.33. The van der Waals surface area contributed by atoms with Crippen LogP contribution in [0.15, 0.2) is 24.3 Å². The van der Waals surface area contributed by atoms with Crippen LogP contribution in [0.5, 0.6) is 0 Å². The fourth-order valence-corrected chi connectivity index (χ4v) is 3.12. The molecule has 1 aromatic carbocycles. The van der Waals surface area contributed by atoms with Crippen molar-refractivity contribution in [3.05, 3.63) is 33.4 Å². The van der Waals surface area contributed by atoms with Crippen molar-refractivity contribution in [3.8, 4) is 0 Å². The van der Waals surface area contributed by atoms with Crippen molar-refractivity contribution < 1.29 is 9.90 Å². The molecule has 2 unspecified atom stereocenters. The van der Waals surface area contributed by atoms with Crippen LogP contribution in [0.3, 0.4) is 0 Å². The summed E-state index contributed by atoms with van der Waals surface area (Å²) in [7, 11) is 0. The fraction of sp³-hybridized carbons (Fsp3) is 0.500. The second-order valence-corrected chi connectivity index (χ2v) is 6.10. The van der Waals surface area contributed by atoms with E-state index in [1.165, 1.54) is 0 Å². The maximum absolute atomic E-state index is 12.0. The van der Waals surface area contributed by atoms with Crippen LogP contribution in [-0.2, 0) is 0 Å². The SMILES string of the molecule is O=C(NCC1CCCC1CO)c1cccc(I)c1. The van der Waals surface area contributed by atoms with Gasteiger partial charge in [-0.25, -0.2) is 0 Å². The molecule has 1 saturated carbocycles. The van der Waals surface area contributed by atoms with Crippen LogP contribution >= 0.6 is 22.6 Å². The molecule has 0 saturated heterocycles. The summed E-state index contributed by atoms with van der Waals surface area (Å²) in [6.07, 6.45) is 3.35. The van der Waals surface area contributed by atoms with E-state index in [2.05, 4.69) is 27.9 Å². The van der Waals surface area contributed by atoms with Crippen molar-refractivity contribution in [2.45, 2.75) is 19.3 Å². The molecule has 0 radical (unpaired) electrons. The monoisotopic (exact) mass is 359 g/mol. The Morgan fingerprint density at radius 2 is 2.17 bits per heavy atom. The molecule has 1 aromatic rings. The summed E-state index contributed by atoms with van der Waals surface area (Å²) in [6, 6.07) is 7.57. The Hall–Kier alpha value is -0.620. The van der Waals surface area contributed by atoms with Crippen molar-refractivity contribution in [2.24, 2.45) is 11.8 Å². The molecule has 2 N–H and O–H groups in total. The van der Waals surface area contributed by atoms with Gasteiger partial charge in [0.05, 0.1) is 0 Å². The third kappa shape index (κ3) is 3.45. The Labute approximate surface area is 121 Å². The zero-order chi connectivity index (χ0) is 13.0. The van der Waals surface area contributed by atoms with Gasteiger partial charge < -0.3 is 10.4 Å². The van der Waals surface area contributed by atoms with Gasteiger partial charge in [0.2, 0.25) is 0 Å². The van der Waals surface area contributed by atoms with Crippen LogP contribution in [0.25, 0.3) is 0 Å². The minimum absolute atomic E-state index is 0.0166. The number of carbonyl (C=O) groups is 1. The summed E-state index contributed by atoms with van der Waals surface area (Å²) in [4.78, 5) is 12.0. The number of hydrogen-bond acceptors (Lipinski definition) is 2. The first-order valence-electron chi connectivity index (χ1n) is 6.35. The van der Waals surface area contributed by atoms with Crippen LogP contribution in [-0.4, -0.2) is 24.2 Å². The minimum Gasteiger partial charge on any atom is -0.396 e. The van der Waals surface area contributed by atoms with Crippen LogP contribution < -0.4 is 5.32 Å². The molecular formula is C14H18INO2. The smallest absolute Gasteiger partial charge is 0.251 e. The number of aliphatic hydroxyl groups is 1. The first-order valence-corrected chi connectivity index (χ1v) is 7.43. The largest absolute Gasteiger partial charge is 0.396 e. The van der Waals surface area contributed by atoms with Gasteiger partial charge >= 0.3 is 0 Å². The number of amides is 1. The Morgan fingerprint density at radius 3 is 2.89 bits per heavy atom. The second-order valence-electron chi connectivity index (χ2n) is 4.85. The number of nitrogens with one attached hydrogen (secondary N) is 1. The summed E-state index contributed by atoms with van der Waals surface area (Å²) in [5.41, 5.74) is 0.709. The van der Waals surface area contributed by atoms with Gasteiger partial charge in [-0.15, -0.1) is 0 Å². The zero-order valence-corrected chi connectivity index (χ0v) is 12.4. The highest BCUT2D eigenvalue weighted by Crippen LogP contribution is 2.30. The van der Waals surface area contributed by atoms with Crippen molar-refractivity contribution in [1.29, 1.82) is 0 Å².